The SMILES string of the molecule is O=[N+]([O-])c1ccc(C2=NN(c3ccccc3)C3(S2)c2ccccc2C(C2=CC=C(Br)CC2)=NN3c2ccccc2)cc1. The van der Waals surface area contributed by atoms with Crippen molar-refractivity contribution in [1.82, 2.24) is 0 Å². The first-order chi connectivity index (χ1) is 20.5. The van der Waals surface area contributed by atoms with E-state index < -0.39 is 4.99 Å². The van der Waals surface area contributed by atoms with Crippen molar-refractivity contribution >= 4 is 55.5 Å². The Morgan fingerprint density at radius 2 is 1.38 bits per heavy atom. The molecule has 7 nitrogen and oxygen atoms in total. The molecule has 4 aromatic carbocycles. The number of hydrogen-bond acceptors (Lipinski definition) is 7. The van der Waals surface area contributed by atoms with Gasteiger partial charge in [-0.25, -0.2) is 10.0 Å². The summed E-state index contributed by atoms with van der Waals surface area (Å²) in [6, 6.07) is 35.2. The number of nitro groups is 1. The first-order valence-corrected chi connectivity index (χ1v) is 15.1. The van der Waals surface area contributed by atoms with Gasteiger partial charge in [0.1, 0.15) is 5.04 Å². The number of hydrazone groups is 2. The van der Waals surface area contributed by atoms with Gasteiger partial charge < -0.3 is 0 Å². The van der Waals surface area contributed by atoms with E-state index in [2.05, 4.69) is 69.5 Å². The van der Waals surface area contributed by atoms with Gasteiger partial charge in [-0.05, 0) is 71.1 Å². The number of allylic oxidation sites excluding steroid dienone is 4. The summed E-state index contributed by atoms with van der Waals surface area (Å²) in [5.41, 5.74) is 6.89. The molecule has 0 N–H and O–H groups in total. The zero-order valence-corrected chi connectivity index (χ0v) is 24.7. The highest BCUT2D eigenvalue weighted by molar-refractivity contribution is 9.11. The van der Waals surface area contributed by atoms with Crippen molar-refractivity contribution in [3.8, 4) is 0 Å². The number of para-hydroxylation sites is 2. The Labute approximate surface area is 255 Å². The Bertz CT molecular complexity index is 1810. The van der Waals surface area contributed by atoms with E-state index >= 15 is 0 Å². The summed E-state index contributed by atoms with van der Waals surface area (Å²) in [7, 11) is 0. The molecule has 0 aromatic heterocycles. The lowest BCUT2D eigenvalue weighted by molar-refractivity contribution is -0.384. The van der Waals surface area contributed by atoms with Crippen LogP contribution >= 0.6 is 27.7 Å². The standard InChI is InChI=1S/C33H24BrN5O2S/c34-25-19-15-23(16-20-25)31-29-13-7-8-14-30(29)33(37(35-31)26-9-3-1-4-10-26)38(27-11-5-2-6-12-27)36-32(42-33)24-17-21-28(22-18-24)39(40)41/h1-15,17-19,21-22H,16,20H2. The number of anilines is 2. The van der Waals surface area contributed by atoms with Crippen molar-refractivity contribution in [1.29, 1.82) is 0 Å². The molecule has 3 aliphatic rings. The lowest BCUT2D eigenvalue weighted by atomic mass is 9.90. The smallest absolute Gasteiger partial charge is 0.258 e. The topological polar surface area (TPSA) is 74.3 Å². The van der Waals surface area contributed by atoms with Crippen LogP contribution in [0.15, 0.2) is 142 Å². The minimum absolute atomic E-state index is 0.0431. The Kier molecular flexibility index (Phi) is 6.76. The van der Waals surface area contributed by atoms with E-state index in [1.54, 1.807) is 23.9 Å². The molecule has 4 aromatic rings. The van der Waals surface area contributed by atoms with Gasteiger partial charge in [0.05, 0.1) is 22.0 Å². The monoisotopic (exact) mass is 633 g/mol. The fraction of sp³-hybridized carbons (Fsp3) is 0.0909. The van der Waals surface area contributed by atoms with Gasteiger partial charge in [-0.2, -0.15) is 10.2 Å². The summed E-state index contributed by atoms with van der Waals surface area (Å²) < 4.78 is 1.18. The molecule has 2 heterocycles. The fourth-order valence-electron chi connectivity index (χ4n) is 5.46. The maximum Gasteiger partial charge on any atom is 0.269 e. The highest BCUT2D eigenvalue weighted by Gasteiger charge is 2.55. The summed E-state index contributed by atoms with van der Waals surface area (Å²) in [4.78, 5) is 10.1. The van der Waals surface area contributed by atoms with Crippen LogP contribution in [0.25, 0.3) is 0 Å². The molecule has 1 atom stereocenters. The number of benzene rings is 4. The first kappa shape index (κ1) is 26.4. The molecule has 1 aliphatic carbocycles. The van der Waals surface area contributed by atoms with Gasteiger partial charge in [0, 0.05) is 28.8 Å². The van der Waals surface area contributed by atoms with Crippen molar-refractivity contribution in [2.45, 2.75) is 17.8 Å². The number of hydrogen-bond donors (Lipinski definition) is 0. The van der Waals surface area contributed by atoms with E-state index in [9.17, 15) is 10.1 Å². The molecule has 0 radical (unpaired) electrons. The minimum Gasteiger partial charge on any atom is -0.258 e. The molecular formula is C33H24BrN5O2S. The Morgan fingerprint density at radius 3 is 2.00 bits per heavy atom. The third kappa shape index (κ3) is 4.45. The summed E-state index contributed by atoms with van der Waals surface area (Å²) in [5, 5.41) is 26.9. The van der Waals surface area contributed by atoms with Crippen LogP contribution in [0, 0.1) is 10.1 Å². The van der Waals surface area contributed by atoms with Crippen LogP contribution in [0.1, 0.15) is 29.5 Å². The van der Waals surface area contributed by atoms with Crippen molar-refractivity contribution in [3.63, 3.8) is 0 Å². The fourth-order valence-corrected chi connectivity index (χ4v) is 7.19. The van der Waals surface area contributed by atoms with Crippen molar-refractivity contribution in [3.05, 3.63) is 158 Å². The average Bonchev–Trinajstić information content (AvgIpc) is 3.44. The van der Waals surface area contributed by atoms with Gasteiger partial charge in [-0.3, -0.25) is 10.1 Å². The van der Waals surface area contributed by atoms with Gasteiger partial charge in [0.15, 0.2) is 0 Å². The van der Waals surface area contributed by atoms with Crippen LogP contribution < -0.4 is 10.0 Å². The second-order valence-corrected chi connectivity index (χ2v) is 12.2. The number of nitro benzene ring substituents is 1. The van der Waals surface area contributed by atoms with Crippen molar-refractivity contribution in [2.24, 2.45) is 10.2 Å². The lowest BCUT2D eigenvalue weighted by Crippen LogP contribution is -2.54. The lowest BCUT2D eigenvalue weighted by Gasteiger charge is -2.47. The third-order valence-corrected chi connectivity index (χ3v) is 9.49. The molecule has 206 valence electrons. The van der Waals surface area contributed by atoms with Crippen molar-refractivity contribution in [2.75, 3.05) is 10.0 Å². The Morgan fingerprint density at radius 1 is 0.762 bits per heavy atom. The molecule has 0 amide bonds. The molecule has 0 saturated heterocycles. The quantitative estimate of drug-likeness (QED) is 0.163. The molecule has 0 bridgehead atoms. The maximum atomic E-state index is 11.4. The second-order valence-electron chi connectivity index (χ2n) is 10.0. The summed E-state index contributed by atoms with van der Waals surface area (Å²) >= 11 is 5.23. The molecule has 0 saturated carbocycles. The zero-order valence-electron chi connectivity index (χ0n) is 22.3. The van der Waals surface area contributed by atoms with E-state index in [1.165, 1.54) is 22.2 Å². The largest absolute Gasteiger partial charge is 0.269 e. The maximum absolute atomic E-state index is 11.4. The predicted octanol–water partition coefficient (Wildman–Crippen LogP) is 8.54. The number of non-ortho nitro benzene ring substituents is 1. The van der Waals surface area contributed by atoms with E-state index in [4.69, 9.17) is 10.2 Å². The van der Waals surface area contributed by atoms with E-state index in [-0.39, 0.29) is 10.6 Å². The normalized spacial score (nSPS) is 19.5. The van der Waals surface area contributed by atoms with E-state index in [1.807, 2.05) is 53.5 Å². The Hall–Kier alpha value is -4.47. The molecule has 0 fully saturated rings. The molecule has 42 heavy (non-hydrogen) atoms. The van der Waals surface area contributed by atoms with Crippen molar-refractivity contribution < 1.29 is 4.92 Å². The van der Waals surface area contributed by atoms with Gasteiger partial charge in [0.2, 0.25) is 4.99 Å². The first-order valence-electron chi connectivity index (χ1n) is 13.5. The average molecular weight is 635 g/mol. The highest BCUT2D eigenvalue weighted by atomic mass is 79.9. The summed E-state index contributed by atoms with van der Waals surface area (Å²) in [5.74, 6) is 0. The number of fused-ring (bicyclic) bond motifs is 2. The van der Waals surface area contributed by atoms with Gasteiger partial charge in [-0.1, -0.05) is 88.7 Å². The summed E-state index contributed by atoms with van der Waals surface area (Å²) in [6.45, 7) is 0. The molecule has 9 heteroatoms. The highest BCUT2D eigenvalue weighted by Crippen LogP contribution is 2.55. The van der Waals surface area contributed by atoms with E-state index in [0.29, 0.717) is 0 Å². The number of halogens is 1. The van der Waals surface area contributed by atoms with Gasteiger partial charge >= 0.3 is 0 Å². The number of nitrogens with zero attached hydrogens (tertiary/aromatic N) is 5. The second kappa shape index (κ2) is 10.7. The van der Waals surface area contributed by atoms with Gasteiger partial charge in [0.25, 0.3) is 5.69 Å². The molecule has 1 unspecified atom stereocenters. The molecule has 2 aliphatic heterocycles. The van der Waals surface area contributed by atoms with Crippen LogP contribution in [-0.2, 0) is 4.99 Å². The van der Waals surface area contributed by atoms with Gasteiger partial charge in [-0.15, -0.1) is 0 Å². The van der Waals surface area contributed by atoms with Crippen LogP contribution in [-0.4, -0.2) is 15.7 Å². The number of rotatable bonds is 5. The number of thioether (sulfide) groups is 1. The van der Waals surface area contributed by atoms with Crippen LogP contribution in [0.4, 0.5) is 17.1 Å². The van der Waals surface area contributed by atoms with E-state index in [0.717, 1.165) is 51.7 Å². The third-order valence-electron chi connectivity index (χ3n) is 7.47. The predicted molar refractivity (Wildman–Crippen MR) is 174 cm³/mol. The Balaban J connectivity index is 1.47. The summed E-state index contributed by atoms with van der Waals surface area (Å²) in [6.07, 6.45) is 6.05. The van der Waals surface area contributed by atoms with Crippen LogP contribution in [0.3, 0.4) is 0 Å². The molecule has 7 rings (SSSR count). The van der Waals surface area contributed by atoms with Crippen LogP contribution in [0.2, 0.25) is 0 Å². The molecular weight excluding hydrogens is 610 g/mol. The van der Waals surface area contributed by atoms with Crippen LogP contribution in [0.5, 0.6) is 0 Å². The zero-order chi connectivity index (χ0) is 28.7. The molecule has 1 spiro atoms. The minimum atomic E-state index is -0.911.